The Kier molecular flexibility index (Phi) is 2.47. The highest BCUT2D eigenvalue weighted by atomic mass is 16.3. The van der Waals surface area contributed by atoms with Crippen molar-refractivity contribution in [3.8, 4) is 5.75 Å². The molecular weight excluding hydrogens is 266 g/mol. The molecule has 6 heteroatoms. The molecule has 0 atom stereocenters. The van der Waals surface area contributed by atoms with Gasteiger partial charge in [-0.2, -0.15) is 0 Å². The van der Waals surface area contributed by atoms with Gasteiger partial charge in [0.15, 0.2) is 5.82 Å². The Bertz CT molecular complexity index is 947. The summed E-state index contributed by atoms with van der Waals surface area (Å²) in [5.74, 6) is 0.706. The minimum Gasteiger partial charge on any atom is -0.506 e. The number of phenols is 1. The smallest absolute Gasteiger partial charge is 0.204 e. The second-order valence-corrected chi connectivity index (χ2v) is 4.62. The summed E-state index contributed by atoms with van der Waals surface area (Å²) in [6.07, 6.45) is 1.65. The first-order chi connectivity index (χ1) is 10.3. The standard InChI is InChI=1S/C15H11N5O/c21-13-8-4-2-6-11(13)18-14-15-19-16-9-20(15)12-7-3-1-5-10(12)17-14/h1-9,21H,(H,17,18). The third kappa shape index (κ3) is 1.85. The van der Waals surface area contributed by atoms with Gasteiger partial charge in [-0.05, 0) is 24.3 Å². The lowest BCUT2D eigenvalue weighted by molar-refractivity contribution is 0.478. The van der Waals surface area contributed by atoms with Crippen molar-refractivity contribution in [3.63, 3.8) is 0 Å². The monoisotopic (exact) mass is 277 g/mol. The van der Waals surface area contributed by atoms with Crippen LogP contribution in [-0.4, -0.2) is 24.7 Å². The highest BCUT2D eigenvalue weighted by molar-refractivity contribution is 5.84. The molecule has 0 spiro atoms. The van der Waals surface area contributed by atoms with Crippen molar-refractivity contribution < 1.29 is 5.11 Å². The van der Waals surface area contributed by atoms with Crippen LogP contribution >= 0.6 is 0 Å². The highest BCUT2D eigenvalue weighted by Gasteiger charge is 2.11. The Morgan fingerprint density at radius 2 is 1.81 bits per heavy atom. The molecular formula is C15H11N5O. The molecule has 4 aromatic rings. The van der Waals surface area contributed by atoms with Crippen molar-refractivity contribution in [2.24, 2.45) is 0 Å². The first kappa shape index (κ1) is 11.7. The van der Waals surface area contributed by atoms with Gasteiger partial charge < -0.3 is 10.4 Å². The van der Waals surface area contributed by atoms with Gasteiger partial charge in [-0.1, -0.05) is 24.3 Å². The molecule has 2 N–H and O–H groups in total. The van der Waals surface area contributed by atoms with Gasteiger partial charge in [-0.15, -0.1) is 10.2 Å². The highest BCUT2D eigenvalue weighted by Crippen LogP contribution is 2.28. The fraction of sp³-hybridized carbons (Fsp3) is 0. The van der Waals surface area contributed by atoms with Crippen molar-refractivity contribution in [2.45, 2.75) is 0 Å². The van der Waals surface area contributed by atoms with Crippen molar-refractivity contribution >= 4 is 28.2 Å². The zero-order chi connectivity index (χ0) is 14.2. The van der Waals surface area contributed by atoms with Gasteiger partial charge in [0.05, 0.1) is 16.7 Å². The number of fused-ring (bicyclic) bond motifs is 3. The predicted molar refractivity (Wildman–Crippen MR) is 79.7 cm³/mol. The van der Waals surface area contributed by atoms with Gasteiger partial charge >= 0.3 is 0 Å². The third-order valence-electron chi connectivity index (χ3n) is 3.29. The molecule has 6 nitrogen and oxygen atoms in total. The molecule has 102 valence electrons. The maximum atomic E-state index is 9.87. The fourth-order valence-corrected chi connectivity index (χ4v) is 2.30. The summed E-state index contributed by atoms with van der Waals surface area (Å²) < 4.78 is 1.87. The van der Waals surface area contributed by atoms with E-state index in [1.165, 1.54) is 0 Å². The molecule has 0 amide bonds. The largest absolute Gasteiger partial charge is 0.506 e. The fourth-order valence-electron chi connectivity index (χ4n) is 2.30. The molecule has 4 rings (SSSR count). The summed E-state index contributed by atoms with van der Waals surface area (Å²) in [6, 6.07) is 14.7. The Balaban J connectivity index is 1.95. The molecule has 2 aromatic heterocycles. The van der Waals surface area contributed by atoms with E-state index in [-0.39, 0.29) is 5.75 Å². The van der Waals surface area contributed by atoms with Gasteiger partial charge in [-0.3, -0.25) is 4.40 Å². The minimum absolute atomic E-state index is 0.158. The second-order valence-electron chi connectivity index (χ2n) is 4.62. The third-order valence-corrected chi connectivity index (χ3v) is 3.29. The number of aromatic hydroxyl groups is 1. The number of rotatable bonds is 2. The lowest BCUT2D eigenvalue weighted by atomic mass is 10.3. The number of nitrogens with zero attached hydrogens (tertiary/aromatic N) is 4. The second kappa shape index (κ2) is 4.45. The summed E-state index contributed by atoms with van der Waals surface area (Å²) in [4.78, 5) is 4.57. The molecule has 0 unspecified atom stereocenters. The Morgan fingerprint density at radius 3 is 2.71 bits per heavy atom. The molecule has 21 heavy (non-hydrogen) atoms. The van der Waals surface area contributed by atoms with Crippen molar-refractivity contribution in [1.29, 1.82) is 0 Å². The number of nitrogens with one attached hydrogen (secondary N) is 1. The van der Waals surface area contributed by atoms with Gasteiger partial charge in [0, 0.05) is 0 Å². The van der Waals surface area contributed by atoms with Crippen LogP contribution in [-0.2, 0) is 0 Å². The molecule has 0 aliphatic rings. The molecule has 0 saturated heterocycles. The number of hydrogen-bond donors (Lipinski definition) is 2. The summed E-state index contributed by atoms with van der Waals surface area (Å²) in [5.41, 5.74) is 2.94. The molecule has 0 bridgehead atoms. The summed E-state index contributed by atoms with van der Waals surface area (Å²) in [6.45, 7) is 0. The van der Waals surface area contributed by atoms with Gasteiger partial charge in [0.25, 0.3) is 0 Å². The van der Waals surface area contributed by atoms with E-state index >= 15 is 0 Å². The minimum atomic E-state index is 0.158. The van der Waals surface area contributed by atoms with Gasteiger partial charge in [0.1, 0.15) is 12.1 Å². The van der Waals surface area contributed by atoms with Crippen molar-refractivity contribution in [2.75, 3.05) is 5.32 Å². The van der Waals surface area contributed by atoms with E-state index in [2.05, 4.69) is 20.5 Å². The number of anilines is 2. The normalized spacial score (nSPS) is 11.0. The van der Waals surface area contributed by atoms with E-state index in [9.17, 15) is 5.11 Å². The van der Waals surface area contributed by atoms with Gasteiger partial charge in [-0.25, -0.2) is 4.98 Å². The van der Waals surface area contributed by atoms with Crippen molar-refractivity contribution in [3.05, 3.63) is 54.9 Å². The topological polar surface area (TPSA) is 75.3 Å². The molecule has 0 saturated carbocycles. The molecule has 2 aromatic carbocycles. The lowest BCUT2D eigenvalue weighted by Crippen LogP contribution is -2.00. The molecule has 0 aliphatic heterocycles. The molecule has 0 aliphatic carbocycles. The van der Waals surface area contributed by atoms with E-state index in [0.717, 1.165) is 11.0 Å². The number of hydrogen-bond acceptors (Lipinski definition) is 5. The SMILES string of the molecule is Oc1ccccc1Nc1nc2ccccc2n2cnnc12. The zero-order valence-electron chi connectivity index (χ0n) is 10.9. The van der Waals surface area contributed by atoms with Crippen LogP contribution in [0.25, 0.3) is 16.7 Å². The average molecular weight is 277 g/mol. The van der Waals surface area contributed by atoms with Crippen LogP contribution in [0.2, 0.25) is 0 Å². The van der Waals surface area contributed by atoms with E-state index in [4.69, 9.17) is 0 Å². The van der Waals surface area contributed by atoms with Crippen molar-refractivity contribution in [1.82, 2.24) is 19.6 Å². The Morgan fingerprint density at radius 1 is 1.00 bits per heavy atom. The van der Waals surface area contributed by atoms with Gasteiger partial charge in [0.2, 0.25) is 5.65 Å². The van der Waals surface area contributed by atoms with E-state index in [1.54, 1.807) is 24.5 Å². The summed E-state index contributed by atoms with van der Waals surface area (Å²) in [5, 5.41) is 21.0. The first-order valence-corrected chi connectivity index (χ1v) is 6.46. The van der Waals surface area contributed by atoms with E-state index in [1.807, 2.05) is 34.7 Å². The number of aromatic nitrogens is 4. The number of para-hydroxylation sites is 4. The van der Waals surface area contributed by atoms with Crippen LogP contribution in [0.4, 0.5) is 11.5 Å². The van der Waals surface area contributed by atoms with E-state index in [0.29, 0.717) is 17.2 Å². The Labute approximate surface area is 119 Å². The van der Waals surface area contributed by atoms with Crippen LogP contribution in [0.3, 0.4) is 0 Å². The maximum absolute atomic E-state index is 9.87. The summed E-state index contributed by atoms with van der Waals surface area (Å²) >= 11 is 0. The predicted octanol–water partition coefficient (Wildman–Crippen LogP) is 2.73. The quantitative estimate of drug-likeness (QED) is 0.551. The van der Waals surface area contributed by atoms with Crippen LogP contribution in [0.5, 0.6) is 5.75 Å². The van der Waals surface area contributed by atoms with E-state index < -0.39 is 0 Å². The summed E-state index contributed by atoms with van der Waals surface area (Å²) in [7, 11) is 0. The van der Waals surface area contributed by atoms with Crippen LogP contribution in [0, 0.1) is 0 Å². The van der Waals surface area contributed by atoms with Crippen LogP contribution in [0.15, 0.2) is 54.9 Å². The maximum Gasteiger partial charge on any atom is 0.204 e. The van der Waals surface area contributed by atoms with Crippen LogP contribution < -0.4 is 5.32 Å². The van der Waals surface area contributed by atoms with Crippen LogP contribution in [0.1, 0.15) is 0 Å². The lowest BCUT2D eigenvalue weighted by Gasteiger charge is -2.10. The number of benzene rings is 2. The first-order valence-electron chi connectivity index (χ1n) is 6.46. The zero-order valence-corrected chi connectivity index (χ0v) is 10.9. The molecule has 2 heterocycles. The number of phenolic OH excluding ortho intramolecular Hbond substituents is 1. The average Bonchev–Trinajstić information content (AvgIpc) is 3.00. The molecule has 0 fully saturated rings. The Hall–Kier alpha value is -3.15. The molecule has 0 radical (unpaired) electrons.